The number of aromatic amines is 1. The number of hydrogen-bond donors (Lipinski definition) is 2. The lowest BCUT2D eigenvalue weighted by molar-refractivity contribution is -0.137. The SMILES string of the molecule is FC(F)(F)c1cnc(Cl)cc1Nc1ccccc1-c1ccc[nH]1. The molecule has 2 N–H and O–H groups in total. The fourth-order valence-corrected chi connectivity index (χ4v) is 2.39. The maximum Gasteiger partial charge on any atom is 0.419 e. The number of nitrogens with zero attached hydrogens (tertiary/aromatic N) is 1. The first-order chi connectivity index (χ1) is 10.9. The summed E-state index contributed by atoms with van der Waals surface area (Å²) < 4.78 is 39.4. The highest BCUT2D eigenvalue weighted by molar-refractivity contribution is 6.29. The van der Waals surface area contributed by atoms with E-state index in [4.69, 9.17) is 11.6 Å². The zero-order valence-electron chi connectivity index (χ0n) is 11.7. The van der Waals surface area contributed by atoms with Crippen molar-refractivity contribution in [1.29, 1.82) is 0 Å². The van der Waals surface area contributed by atoms with Crippen LogP contribution in [0.15, 0.2) is 54.9 Å². The quantitative estimate of drug-likeness (QED) is 0.620. The summed E-state index contributed by atoms with van der Waals surface area (Å²) in [7, 11) is 0. The molecule has 0 aliphatic rings. The molecule has 118 valence electrons. The largest absolute Gasteiger partial charge is 0.419 e. The molecule has 0 aliphatic carbocycles. The Morgan fingerprint density at radius 2 is 1.83 bits per heavy atom. The second-order valence-corrected chi connectivity index (χ2v) is 5.19. The Hall–Kier alpha value is -2.47. The Morgan fingerprint density at radius 3 is 2.52 bits per heavy atom. The molecule has 0 saturated carbocycles. The molecule has 0 amide bonds. The fraction of sp³-hybridized carbons (Fsp3) is 0.0625. The zero-order chi connectivity index (χ0) is 16.4. The van der Waals surface area contributed by atoms with Gasteiger partial charge in [-0.2, -0.15) is 13.2 Å². The topological polar surface area (TPSA) is 40.7 Å². The second-order valence-electron chi connectivity index (χ2n) is 4.80. The Kier molecular flexibility index (Phi) is 4.00. The van der Waals surface area contributed by atoms with Gasteiger partial charge in [-0.05, 0) is 24.3 Å². The minimum Gasteiger partial charge on any atom is -0.361 e. The molecule has 0 atom stereocenters. The van der Waals surface area contributed by atoms with Gasteiger partial charge >= 0.3 is 6.18 Å². The molecule has 0 aliphatic heterocycles. The van der Waals surface area contributed by atoms with Crippen molar-refractivity contribution >= 4 is 23.0 Å². The van der Waals surface area contributed by atoms with Crippen LogP contribution in [-0.2, 0) is 6.18 Å². The first-order valence-corrected chi connectivity index (χ1v) is 7.05. The first-order valence-electron chi connectivity index (χ1n) is 6.68. The Labute approximate surface area is 135 Å². The number of anilines is 2. The van der Waals surface area contributed by atoms with E-state index in [2.05, 4.69) is 15.3 Å². The van der Waals surface area contributed by atoms with E-state index in [9.17, 15) is 13.2 Å². The van der Waals surface area contributed by atoms with E-state index in [1.807, 2.05) is 24.3 Å². The van der Waals surface area contributed by atoms with Crippen molar-refractivity contribution in [1.82, 2.24) is 9.97 Å². The van der Waals surface area contributed by atoms with Crippen molar-refractivity contribution in [3.8, 4) is 11.3 Å². The Balaban J connectivity index is 2.06. The van der Waals surface area contributed by atoms with Crippen LogP contribution in [0, 0.1) is 0 Å². The number of pyridine rings is 1. The van der Waals surface area contributed by atoms with Gasteiger partial charge in [0.25, 0.3) is 0 Å². The van der Waals surface area contributed by atoms with Gasteiger partial charge < -0.3 is 10.3 Å². The highest BCUT2D eigenvalue weighted by Gasteiger charge is 2.34. The molecule has 0 spiro atoms. The van der Waals surface area contributed by atoms with Crippen LogP contribution in [-0.4, -0.2) is 9.97 Å². The van der Waals surface area contributed by atoms with Crippen LogP contribution in [0.25, 0.3) is 11.3 Å². The fourth-order valence-electron chi connectivity index (χ4n) is 2.23. The molecule has 23 heavy (non-hydrogen) atoms. The predicted octanol–water partition coefficient (Wildman–Crippen LogP) is 5.49. The third kappa shape index (κ3) is 3.32. The van der Waals surface area contributed by atoms with E-state index in [-0.39, 0.29) is 10.8 Å². The summed E-state index contributed by atoms with van der Waals surface area (Å²) in [6, 6.07) is 11.9. The van der Waals surface area contributed by atoms with E-state index in [0.717, 1.165) is 23.5 Å². The minimum atomic E-state index is -4.53. The van der Waals surface area contributed by atoms with E-state index >= 15 is 0 Å². The Bertz CT molecular complexity index is 814. The summed E-state index contributed by atoms with van der Waals surface area (Å²) in [5, 5.41) is 2.80. The number of hydrogen-bond acceptors (Lipinski definition) is 2. The van der Waals surface area contributed by atoms with Gasteiger partial charge in [0.1, 0.15) is 5.15 Å². The molecule has 3 aromatic rings. The number of rotatable bonds is 3. The van der Waals surface area contributed by atoms with Crippen LogP contribution in [0.4, 0.5) is 24.5 Å². The van der Waals surface area contributed by atoms with E-state index in [1.165, 1.54) is 0 Å². The van der Waals surface area contributed by atoms with Gasteiger partial charge in [0.05, 0.1) is 11.3 Å². The molecule has 3 rings (SSSR count). The Morgan fingerprint density at radius 1 is 1.04 bits per heavy atom. The van der Waals surface area contributed by atoms with Crippen molar-refractivity contribution in [2.24, 2.45) is 0 Å². The number of halogens is 4. The molecule has 0 radical (unpaired) electrons. The highest BCUT2D eigenvalue weighted by atomic mass is 35.5. The van der Waals surface area contributed by atoms with Gasteiger partial charge in [0.2, 0.25) is 0 Å². The number of benzene rings is 1. The van der Waals surface area contributed by atoms with Gasteiger partial charge in [0, 0.05) is 29.3 Å². The highest BCUT2D eigenvalue weighted by Crippen LogP contribution is 2.38. The summed E-state index contributed by atoms with van der Waals surface area (Å²) in [5.74, 6) is 0. The van der Waals surface area contributed by atoms with Gasteiger partial charge in [-0.15, -0.1) is 0 Å². The summed E-state index contributed by atoms with van der Waals surface area (Å²) >= 11 is 5.75. The molecule has 0 bridgehead atoms. The van der Waals surface area contributed by atoms with Gasteiger partial charge in [0.15, 0.2) is 0 Å². The molecule has 2 aromatic heterocycles. The van der Waals surface area contributed by atoms with Crippen LogP contribution < -0.4 is 5.32 Å². The predicted molar refractivity (Wildman–Crippen MR) is 83.8 cm³/mol. The molecular formula is C16H11ClF3N3. The van der Waals surface area contributed by atoms with E-state index < -0.39 is 11.7 Å². The molecule has 0 unspecified atom stereocenters. The number of aromatic nitrogens is 2. The van der Waals surface area contributed by atoms with Gasteiger partial charge in [-0.1, -0.05) is 29.8 Å². The van der Waals surface area contributed by atoms with E-state index in [0.29, 0.717) is 5.69 Å². The van der Waals surface area contributed by atoms with Crippen LogP contribution in [0.5, 0.6) is 0 Å². The smallest absolute Gasteiger partial charge is 0.361 e. The van der Waals surface area contributed by atoms with Crippen LogP contribution >= 0.6 is 11.6 Å². The summed E-state index contributed by atoms with van der Waals surface area (Å²) in [6.07, 6.45) is -2.06. The third-order valence-electron chi connectivity index (χ3n) is 3.26. The van der Waals surface area contributed by atoms with Gasteiger partial charge in [-0.25, -0.2) is 4.98 Å². The molecule has 7 heteroatoms. The molecule has 1 aromatic carbocycles. The van der Waals surface area contributed by atoms with Crippen LogP contribution in [0.1, 0.15) is 5.56 Å². The summed E-state index contributed by atoms with van der Waals surface area (Å²) in [5.41, 5.74) is 1.06. The number of nitrogens with one attached hydrogen (secondary N) is 2. The molecule has 0 fully saturated rings. The lowest BCUT2D eigenvalue weighted by Gasteiger charge is -2.16. The standard InChI is InChI=1S/C16H11ClF3N3/c17-15-8-14(11(9-22-15)16(18,19)20)23-13-5-2-1-4-10(13)12-6-3-7-21-12/h1-9,21H,(H,22,23). The molecule has 2 heterocycles. The average molecular weight is 338 g/mol. The third-order valence-corrected chi connectivity index (χ3v) is 3.47. The average Bonchev–Trinajstić information content (AvgIpc) is 3.00. The summed E-state index contributed by atoms with van der Waals surface area (Å²) in [4.78, 5) is 6.55. The van der Waals surface area contributed by atoms with Crippen LogP contribution in [0.2, 0.25) is 5.15 Å². The second kappa shape index (κ2) is 5.96. The maximum atomic E-state index is 13.1. The maximum absolute atomic E-state index is 13.1. The molecule has 3 nitrogen and oxygen atoms in total. The number of H-pyrrole nitrogens is 1. The monoisotopic (exact) mass is 337 g/mol. The van der Waals surface area contributed by atoms with Crippen LogP contribution in [0.3, 0.4) is 0 Å². The summed E-state index contributed by atoms with van der Waals surface area (Å²) in [6.45, 7) is 0. The number of para-hydroxylation sites is 1. The van der Waals surface area contributed by atoms with Crippen molar-refractivity contribution in [3.63, 3.8) is 0 Å². The van der Waals surface area contributed by atoms with Gasteiger partial charge in [-0.3, -0.25) is 0 Å². The normalized spacial score (nSPS) is 11.5. The molecular weight excluding hydrogens is 327 g/mol. The van der Waals surface area contributed by atoms with Crippen molar-refractivity contribution < 1.29 is 13.2 Å². The minimum absolute atomic E-state index is 0.0159. The van der Waals surface area contributed by atoms with Crippen molar-refractivity contribution in [2.75, 3.05) is 5.32 Å². The van der Waals surface area contributed by atoms with E-state index in [1.54, 1.807) is 18.3 Å². The lowest BCUT2D eigenvalue weighted by atomic mass is 10.1. The molecule has 0 saturated heterocycles. The number of alkyl halides is 3. The lowest BCUT2D eigenvalue weighted by Crippen LogP contribution is -2.10. The van der Waals surface area contributed by atoms with Crippen molar-refractivity contribution in [3.05, 3.63) is 65.6 Å². The zero-order valence-corrected chi connectivity index (χ0v) is 12.4. The van der Waals surface area contributed by atoms with Crippen molar-refractivity contribution in [2.45, 2.75) is 6.18 Å². The first kappa shape index (κ1) is 15.4.